The van der Waals surface area contributed by atoms with Crippen LogP contribution in [0, 0.1) is 5.92 Å². The van der Waals surface area contributed by atoms with Gasteiger partial charge in [0.1, 0.15) is 0 Å². The smallest absolute Gasteiger partial charge is 0.227 e. The van der Waals surface area contributed by atoms with Gasteiger partial charge in [0.2, 0.25) is 5.91 Å². The van der Waals surface area contributed by atoms with Crippen molar-refractivity contribution >= 4 is 5.91 Å². The van der Waals surface area contributed by atoms with E-state index in [1.807, 2.05) is 13.8 Å². The Morgan fingerprint density at radius 2 is 1.47 bits per heavy atom. The summed E-state index contributed by atoms with van der Waals surface area (Å²) in [6, 6.07) is 0. The van der Waals surface area contributed by atoms with E-state index in [2.05, 4.69) is 26.5 Å². The largest absolute Gasteiger partial charge is 1.00 e. The Balaban J connectivity index is -0.0000000605. The summed E-state index contributed by atoms with van der Waals surface area (Å²) in [5, 5.41) is 2.91. The zero-order valence-electron chi connectivity index (χ0n) is 9.22. The van der Waals surface area contributed by atoms with Gasteiger partial charge in [0.05, 0.1) is 21.1 Å². The number of nitrogens with zero attached hydrogens (tertiary/aromatic N) is 1. The Kier molecular flexibility index (Phi) is 33.2. The van der Waals surface area contributed by atoms with Crippen LogP contribution in [0.3, 0.4) is 0 Å². The summed E-state index contributed by atoms with van der Waals surface area (Å²) in [7, 11) is 6.16. The third-order valence-electron chi connectivity index (χ3n) is 1.79. The highest BCUT2D eigenvalue weighted by molar-refractivity contribution is 5.77. The lowest BCUT2D eigenvalue weighted by Crippen LogP contribution is -3.00. The zero-order chi connectivity index (χ0) is 9.78. The Morgan fingerprint density at radius 3 is 1.71 bits per heavy atom. The summed E-state index contributed by atoms with van der Waals surface area (Å²) < 4.78 is 0.766. The van der Waals surface area contributed by atoms with Crippen LogP contribution in [-0.2, 0) is 4.79 Å². The fourth-order valence-corrected chi connectivity index (χ4v) is 0.675. The molecule has 1 amide bonds. The highest BCUT2D eigenvalue weighted by atomic mass is 35.5. The van der Waals surface area contributed by atoms with Crippen molar-refractivity contribution < 1.29 is 21.7 Å². The van der Waals surface area contributed by atoms with Crippen LogP contribution < -0.4 is 17.7 Å². The number of hydrogen-bond donors (Lipinski definition) is 1. The van der Waals surface area contributed by atoms with Crippen molar-refractivity contribution in [3.05, 3.63) is 0 Å². The maximum absolute atomic E-state index is 11.3. The molecular weight excluding hydrogens is 236 g/mol. The number of amides is 1. The van der Waals surface area contributed by atoms with E-state index in [-0.39, 0.29) is 53.9 Å². The minimum atomic E-state index is 0. The third-order valence-corrected chi connectivity index (χ3v) is 1.79. The molecule has 112 valence electrons. The highest BCUT2D eigenvalue weighted by Gasteiger charge is 2.13. The van der Waals surface area contributed by atoms with Crippen molar-refractivity contribution in [1.82, 2.24) is 5.32 Å². The first-order chi connectivity index (χ1) is 5.37. The molecule has 1 N–H and O–H groups in total. The average Bonchev–Trinajstić information content (AvgIpc) is 1.97. The Hall–Kier alpha value is -0.280. The first-order valence-corrected chi connectivity index (χ1v) is 4.45. The van der Waals surface area contributed by atoms with Gasteiger partial charge in [0, 0.05) is 5.92 Å². The summed E-state index contributed by atoms with van der Waals surface area (Å²) in [6.07, 6.45) is 0.906. The molecule has 0 radical (unpaired) electrons. The lowest BCUT2D eigenvalue weighted by molar-refractivity contribution is -0.872. The second-order valence-electron chi connectivity index (χ2n) is 4.30. The lowest BCUT2D eigenvalue weighted by Gasteiger charge is -2.24. The molecule has 17 heavy (non-hydrogen) atoms. The zero-order valence-corrected chi connectivity index (χ0v) is 9.98. The minimum absolute atomic E-state index is 0. The average molecular weight is 273 g/mol. The molecule has 0 aromatic heterocycles. The van der Waals surface area contributed by atoms with Gasteiger partial charge in [-0.1, -0.05) is 43.6 Å². The van der Waals surface area contributed by atoms with E-state index in [1.54, 1.807) is 0 Å². The van der Waals surface area contributed by atoms with E-state index in [4.69, 9.17) is 0 Å². The van der Waals surface area contributed by atoms with Crippen molar-refractivity contribution in [2.45, 2.75) is 50.0 Å². The summed E-state index contributed by atoms with van der Waals surface area (Å²) in [5.41, 5.74) is 0. The fraction of sp³-hybridized carbons (Fsp3) is 0.923. The van der Waals surface area contributed by atoms with Crippen molar-refractivity contribution in [3.8, 4) is 0 Å². The van der Waals surface area contributed by atoms with E-state index in [0.29, 0.717) is 6.67 Å². The Bertz CT molecular complexity index is 156. The summed E-state index contributed by atoms with van der Waals surface area (Å²) in [4.78, 5) is 11.3. The molecule has 3 nitrogen and oxygen atoms in total. The van der Waals surface area contributed by atoms with E-state index >= 15 is 0 Å². The number of carbonyl (C=O) groups excluding carboxylic acids is 1. The summed E-state index contributed by atoms with van der Waals surface area (Å²) >= 11 is 0. The molecule has 0 aliphatic heterocycles. The monoisotopic (exact) mass is 272 g/mol. The van der Waals surface area contributed by atoms with Crippen LogP contribution in [0.1, 0.15) is 50.0 Å². The second-order valence-corrected chi connectivity index (χ2v) is 4.30. The number of quaternary nitrogens is 1. The van der Waals surface area contributed by atoms with Gasteiger partial charge in [-0.2, -0.15) is 0 Å². The Labute approximate surface area is 117 Å². The van der Waals surface area contributed by atoms with E-state index in [9.17, 15) is 4.79 Å². The van der Waals surface area contributed by atoms with E-state index in [1.165, 1.54) is 0 Å². The van der Waals surface area contributed by atoms with Crippen LogP contribution in [0.5, 0.6) is 0 Å². The summed E-state index contributed by atoms with van der Waals surface area (Å²) in [5.74, 6) is 0.294. The van der Waals surface area contributed by atoms with Gasteiger partial charge < -0.3 is 22.2 Å². The predicted octanol–water partition coefficient (Wildman–Crippen LogP) is 0.361. The van der Waals surface area contributed by atoms with Crippen LogP contribution in [-0.4, -0.2) is 38.2 Å². The molecule has 0 aromatic rings. The van der Waals surface area contributed by atoms with Gasteiger partial charge in [-0.15, -0.1) is 0 Å². The molecule has 0 spiro atoms. The SMILES string of the molecule is C.C.C.C.CCC(C)C(=O)NC[N+](C)(C)C.[Cl-]. The molecule has 0 saturated heterocycles. The molecule has 0 bridgehead atoms. The van der Waals surface area contributed by atoms with Crippen molar-refractivity contribution in [3.63, 3.8) is 0 Å². The number of halogens is 1. The third kappa shape index (κ3) is 21.5. The van der Waals surface area contributed by atoms with Gasteiger partial charge in [-0.05, 0) is 6.42 Å². The van der Waals surface area contributed by atoms with Crippen LogP contribution in [0.15, 0.2) is 0 Å². The standard InChI is InChI=1S/C9H20N2O.4CH4.ClH/c1-6-8(2)9(12)10-7-11(3,4)5;;;;;/h8H,6-7H2,1-5H3;4*1H4;1H. The molecule has 0 rings (SSSR count). The number of rotatable bonds is 4. The molecule has 0 saturated carbocycles. The van der Waals surface area contributed by atoms with Crippen LogP contribution in [0.2, 0.25) is 0 Å². The first-order valence-electron chi connectivity index (χ1n) is 4.45. The van der Waals surface area contributed by atoms with Crippen LogP contribution in [0.25, 0.3) is 0 Å². The van der Waals surface area contributed by atoms with Gasteiger partial charge in [0.15, 0.2) is 6.67 Å². The molecule has 0 aliphatic rings. The normalized spacial score (nSPS) is 9.94. The van der Waals surface area contributed by atoms with Gasteiger partial charge in [0.25, 0.3) is 0 Å². The fourth-order valence-electron chi connectivity index (χ4n) is 0.675. The number of carbonyl (C=O) groups is 1. The Morgan fingerprint density at radius 1 is 1.12 bits per heavy atom. The van der Waals surface area contributed by atoms with Crippen LogP contribution >= 0.6 is 0 Å². The van der Waals surface area contributed by atoms with Crippen LogP contribution in [0.4, 0.5) is 0 Å². The first kappa shape index (κ1) is 36.0. The maximum Gasteiger partial charge on any atom is 0.227 e. The molecule has 1 atom stereocenters. The molecular formula is C13H37ClN2O. The quantitative estimate of drug-likeness (QED) is 0.581. The molecule has 0 aromatic carbocycles. The topological polar surface area (TPSA) is 29.1 Å². The lowest BCUT2D eigenvalue weighted by atomic mass is 10.1. The van der Waals surface area contributed by atoms with Gasteiger partial charge in [-0.3, -0.25) is 4.79 Å². The molecule has 4 heteroatoms. The highest BCUT2D eigenvalue weighted by Crippen LogP contribution is 1.99. The van der Waals surface area contributed by atoms with Crippen molar-refractivity contribution in [2.24, 2.45) is 5.92 Å². The minimum Gasteiger partial charge on any atom is -1.00 e. The van der Waals surface area contributed by atoms with E-state index in [0.717, 1.165) is 10.9 Å². The molecule has 0 heterocycles. The van der Waals surface area contributed by atoms with Crippen molar-refractivity contribution in [2.75, 3.05) is 27.8 Å². The maximum atomic E-state index is 11.3. The van der Waals surface area contributed by atoms with Gasteiger partial charge in [-0.25, -0.2) is 0 Å². The molecule has 0 aliphatic carbocycles. The molecule has 0 fully saturated rings. The number of hydrogen-bond acceptors (Lipinski definition) is 1. The summed E-state index contributed by atoms with van der Waals surface area (Å²) in [6.45, 7) is 4.67. The molecule has 1 unspecified atom stereocenters. The predicted molar refractivity (Wildman–Crippen MR) is 77.4 cm³/mol. The van der Waals surface area contributed by atoms with E-state index < -0.39 is 0 Å². The van der Waals surface area contributed by atoms with Crippen molar-refractivity contribution in [1.29, 1.82) is 0 Å². The second kappa shape index (κ2) is 15.7. The van der Waals surface area contributed by atoms with Gasteiger partial charge >= 0.3 is 0 Å². The number of nitrogens with one attached hydrogen (secondary N) is 1.